The van der Waals surface area contributed by atoms with Gasteiger partial charge in [-0.05, 0) is 53.9 Å². The third kappa shape index (κ3) is 5.09. The first-order valence-electron chi connectivity index (χ1n) is 10.1. The molecule has 2 amide bonds. The topological polar surface area (TPSA) is 58.6 Å². The molecule has 1 heterocycles. The first-order chi connectivity index (χ1) is 15.1. The van der Waals surface area contributed by atoms with Gasteiger partial charge in [-0.15, -0.1) is 11.8 Å². The highest BCUT2D eigenvalue weighted by Gasteiger charge is 2.32. The monoisotopic (exact) mass is 432 g/mol. The van der Waals surface area contributed by atoms with Crippen LogP contribution >= 0.6 is 11.8 Å². The Bertz CT molecular complexity index is 1040. The van der Waals surface area contributed by atoms with Crippen LogP contribution in [0.15, 0.2) is 78.9 Å². The maximum absolute atomic E-state index is 12.6. The fourth-order valence-corrected chi connectivity index (χ4v) is 4.76. The molecule has 0 bridgehead atoms. The van der Waals surface area contributed by atoms with Crippen LogP contribution in [0.5, 0.6) is 5.75 Å². The van der Waals surface area contributed by atoms with Crippen LogP contribution in [0.25, 0.3) is 0 Å². The van der Waals surface area contributed by atoms with Gasteiger partial charge in [0.05, 0.1) is 12.9 Å². The van der Waals surface area contributed by atoms with Gasteiger partial charge < -0.3 is 15.0 Å². The van der Waals surface area contributed by atoms with Crippen LogP contribution in [0.1, 0.15) is 26.9 Å². The predicted octanol–water partition coefficient (Wildman–Crippen LogP) is 4.76. The minimum absolute atomic E-state index is 0.0186. The Morgan fingerprint density at radius 3 is 2.42 bits per heavy atom. The van der Waals surface area contributed by atoms with Crippen molar-refractivity contribution in [1.29, 1.82) is 0 Å². The summed E-state index contributed by atoms with van der Waals surface area (Å²) in [6, 6.07) is 24.9. The number of carbonyl (C=O) groups is 2. The molecule has 0 saturated carbocycles. The van der Waals surface area contributed by atoms with E-state index in [0.717, 1.165) is 17.7 Å². The lowest BCUT2D eigenvalue weighted by molar-refractivity contribution is -0.128. The molecule has 31 heavy (non-hydrogen) atoms. The minimum atomic E-state index is -0.173. The molecular weight excluding hydrogens is 408 g/mol. The Kier molecular flexibility index (Phi) is 6.57. The van der Waals surface area contributed by atoms with E-state index in [4.69, 9.17) is 4.74 Å². The van der Waals surface area contributed by atoms with E-state index in [9.17, 15) is 9.59 Å². The smallest absolute Gasteiger partial charge is 0.255 e. The summed E-state index contributed by atoms with van der Waals surface area (Å²) >= 11 is 1.63. The van der Waals surface area contributed by atoms with Gasteiger partial charge in [0.15, 0.2) is 0 Å². The van der Waals surface area contributed by atoms with Gasteiger partial charge in [-0.1, -0.05) is 42.5 Å². The third-order valence-electron chi connectivity index (χ3n) is 5.26. The van der Waals surface area contributed by atoms with E-state index in [0.29, 0.717) is 23.5 Å². The number of carbonyl (C=O) groups excluding carboxylic acids is 2. The third-order valence-corrected chi connectivity index (χ3v) is 6.51. The number of nitrogens with one attached hydrogen (secondary N) is 1. The number of thioether (sulfide) groups is 1. The van der Waals surface area contributed by atoms with E-state index in [1.54, 1.807) is 43.1 Å². The van der Waals surface area contributed by atoms with Crippen molar-refractivity contribution in [2.24, 2.45) is 0 Å². The maximum Gasteiger partial charge on any atom is 0.255 e. The molecule has 4 rings (SSSR count). The molecule has 0 aromatic heterocycles. The summed E-state index contributed by atoms with van der Waals surface area (Å²) in [5.74, 6) is 1.21. The number of anilines is 1. The van der Waals surface area contributed by atoms with Crippen molar-refractivity contribution in [3.05, 3.63) is 95.6 Å². The lowest BCUT2D eigenvalue weighted by Crippen LogP contribution is -2.30. The number of benzene rings is 3. The normalized spacial score (nSPS) is 15.7. The molecule has 1 aliphatic heterocycles. The number of amides is 2. The zero-order valence-electron chi connectivity index (χ0n) is 17.3. The lowest BCUT2D eigenvalue weighted by Gasteiger charge is -2.24. The molecule has 6 heteroatoms. The molecule has 0 spiro atoms. The van der Waals surface area contributed by atoms with Gasteiger partial charge in [0, 0.05) is 17.8 Å². The van der Waals surface area contributed by atoms with Gasteiger partial charge in [0.1, 0.15) is 11.1 Å². The van der Waals surface area contributed by atoms with Crippen LogP contribution in [0, 0.1) is 0 Å². The first-order valence-corrected chi connectivity index (χ1v) is 11.2. The van der Waals surface area contributed by atoms with E-state index in [-0.39, 0.29) is 17.2 Å². The summed E-state index contributed by atoms with van der Waals surface area (Å²) in [7, 11) is 1.61. The summed E-state index contributed by atoms with van der Waals surface area (Å²) in [6.07, 6.45) is 0.825. The Labute approximate surface area is 186 Å². The number of nitrogens with zero attached hydrogens (tertiary/aromatic N) is 1. The van der Waals surface area contributed by atoms with Gasteiger partial charge in [-0.3, -0.25) is 9.59 Å². The van der Waals surface area contributed by atoms with Gasteiger partial charge in [0.2, 0.25) is 5.91 Å². The summed E-state index contributed by atoms with van der Waals surface area (Å²) in [4.78, 5) is 26.9. The average molecular weight is 433 g/mol. The number of ether oxygens (including phenoxy) is 1. The SMILES string of the molecule is COc1ccc(NC(=O)c2ccc([C@@H]3SCC(=O)N3CCc3ccccc3)cc2)cc1. The molecular formula is C25H24N2O3S. The van der Waals surface area contributed by atoms with E-state index < -0.39 is 0 Å². The average Bonchev–Trinajstić information content (AvgIpc) is 3.19. The molecule has 0 unspecified atom stereocenters. The summed E-state index contributed by atoms with van der Waals surface area (Å²) < 4.78 is 5.14. The highest BCUT2D eigenvalue weighted by atomic mass is 32.2. The van der Waals surface area contributed by atoms with Crippen LogP contribution in [0.2, 0.25) is 0 Å². The van der Waals surface area contributed by atoms with Crippen molar-refractivity contribution in [3.63, 3.8) is 0 Å². The van der Waals surface area contributed by atoms with E-state index in [1.807, 2.05) is 47.4 Å². The molecule has 1 N–H and O–H groups in total. The van der Waals surface area contributed by atoms with E-state index in [2.05, 4.69) is 17.4 Å². The van der Waals surface area contributed by atoms with Crippen molar-refractivity contribution in [3.8, 4) is 5.75 Å². The second-order valence-corrected chi connectivity index (χ2v) is 8.36. The van der Waals surface area contributed by atoms with Gasteiger partial charge in [-0.25, -0.2) is 0 Å². The number of rotatable bonds is 7. The van der Waals surface area contributed by atoms with Crippen molar-refractivity contribution in [1.82, 2.24) is 4.90 Å². The number of hydrogen-bond donors (Lipinski definition) is 1. The lowest BCUT2D eigenvalue weighted by atomic mass is 10.1. The van der Waals surface area contributed by atoms with Crippen LogP contribution < -0.4 is 10.1 Å². The molecule has 158 valence electrons. The zero-order chi connectivity index (χ0) is 21.6. The van der Waals surface area contributed by atoms with E-state index in [1.165, 1.54) is 5.56 Å². The number of methoxy groups -OCH3 is 1. The zero-order valence-corrected chi connectivity index (χ0v) is 18.1. The van der Waals surface area contributed by atoms with Crippen LogP contribution in [-0.2, 0) is 11.2 Å². The quantitative estimate of drug-likeness (QED) is 0.585. The van der Waals surface area contributed by atoms with Gasteiger partial charge in [0.25, 0.3) is 5.91 Å². The fourth-order valence-electron chi connectivity index (χ4n) is 3.54. The largest absolute Gasteiger partial charge is 0.497 e. The number of hydrogen-bond acceptors (Lipinski definition) is 4. The second kappa shape index (κ2) is 9.71. The molecule has 1 atom stereocenters. The molecule has 1 fully saturated rings. The Morgan fingerprint density at radius 1 is 1.03 bits per heavy atom. The van der Waals surface area contributed by atoms with Crippen molar-refractivity contribution >= 4 is 29.3 Å². The first kappa shape index (κ1) is 21.0. The Balaban J connectivity index is 1.41. The molecule has 3 aromatic rings. The van der Waals surface area contributed by atoms with E-state index >= 15 is 0 Å². The minimum Gasteiger partial charge on any atom is -0.497 e. The van der Waals surface area contributed by atoms with Gasteiger partial charge >= 0.3 is 0 Å². The van der Waals surface area contributed by atoms with Gasteiger partial charge in [-0.2, -0.15) is 0 Å². The molecule has 0 aliphatic carbocycles. The van der Waals surface area contributed by atoms with Crippen LogP contribution in [0.3, 0.4) is 0 Å². The molecule has 5 nitrogen and oxygen atoms in total. The Morgan fingerprint density at radius 2 is 1.74 bits per heavy atom. The predicted molar refractivity (Wildman–Crippen MR) is 124 cm³/mol. The standard InChI is InChI=1S/C25H24N2O3S/c1-30-22-13-11-21(12-14-22)26-24(29)19-7-9-20(10-8-19)25-27(23(28)17-31-25)16-15-18-5-3-2-4-6-18/h2-14,25H,15-17H2,1H3,(H,26,29)/t25-/m0/s1. The summed E-state index contributed by atoms with van der Waals surface area (Å²) in [5, 5.41) is 2.87. The highest BCUT2D eigenvalue weighted by molar-refractivity contribution is 8.00. The maximum atomic E-state index is 12.6. The molecule has 1 saturated heterocycles. The highest BCUT2D eigenvalue weighted by Crippen LogP contribution is 2.38. The van der Waals surface area contributed by atoms with Crippen molar-refractivity contribution < 1.29 is 14.3 Å². The van der Waals surface area contributed by atoms with Crippen LogP contribution in [0.4, 0.5) is 5.69 Å². The van der Waals surface area contributed by atoms with Crippen molar-refractivity contribution in [2.75, 3.05) is 24.7 Å². The Hall–Kier alpha value is -3.25. The molecule has 0 radical (unpaired) electrons. The summed E-state index contributed by atoms with van der Waals surface area (Å²) in [5.41, 5.74) is 3.53. The van der Waals surface area contributed by atoms with Crippen molar-refractivity contribution in [2.45, 2.75) is 11.8 Å². The fraction of sp³-hybridized carbons (Fsp3) is 0.200. The molecule has 3 aromatic carbocycles. The summed E-state index contributed by atoms with van der Waals surface area (Å²) in [6.45, 7) is 0.681. The molecule has 1 aliphatic rings. The second-order valence-electron chi connectivity index (χ2n) is 7.29. The van der Waals surface area contributed by atoms with Crippen LogP contribution in [-0.4, -0.2) is 36.1 Å².